The van der Waals surface area contributed by atoms with Gasteiger partial charge in [-0.1, -0.05) is 25.5 Å². The number of hydrogen-bond acceptors (Lipinski definition) is 5. The molecule has 0 bridgehead atoms. The summed E-state index contributed by atoms with van der Waals surface area (Å²) in [6, 6.07) is 8.75. The number of benzene rings is 2. The average molecular weight is 316 g/mol. The van der Waals surface area contributed by atoms with Crippen LogP contribution in [-0.4, -0.2) is 21.3 Å². The van der Waals surface area contributed by atoms with E-state index in [1.165, 1.54) is 24.3 Å². The van der Waals surface area contributed by atoms with Crippen molar-refractivity contribution in [2.24, 2.45) is 0 Å². The number of carboxylic acids is 1. The van der Waals surface area contributed by atoms with Crippen LogP contribution >= 0.6 is 0 Å². The van der Waals surface area contributed by atoms with Crippen molar-refractivity contribution in [2.45, 2.75) is 25.2 Å². The van der Waals surface area contributed by atoms with Crippen LogP contribution in [0.1, 0.15) is 30.9 Å². The molecule has 122 valence electrons. The van der Waals surface area contributed by atoms with Crippen LogP contribution in [0.5, 0.6) is 11.5 Å². The van der Waals surface area contributed by atoms with Crippen molar-refractivity contribution >= 4 is 17.3 Å². The standard InChI is InChI=1S/C17H20N2O4/c1-2-7-17(16(22)23,10-3-5-14(20)12(18)8-10)11-4-6-15(21)13(19)9-11/h3-6,8-9,20-21H,2,7,18-19H2,1H3,(H,22,23). The Labute approximate surface area is 134 Å². The Morgan fingerprint density at radius 3 is 1.74 bits per heavy atom. The number of phenols is 2. The Kier molecular flexibility index (Phi) is 4.36. The van der Waals surface area contributed by atoms with E-state index in [2.05, 4.69) is 0 Å². The van der Waals surface area contributed by atoms with Crippen molar-refractivity contribution in [1.82, 2.24) is 0 Å². The molecule has 23 heavy (non-hydrogen) atoms. The number of phenolic OH excluding ortho intramolecular Hbond substituents is 2. The molecule has 0 aliphatic heterocycles. The van der Waals surface area contributed by atoms with Crippen LogP contribution < -0.4 is 11.5 Å². The molecule has 0 unspecified atom stereocenters. The van der Waals surface area contributed by atoms with E-state index in [0.29, 0.717) is 24.0 Å². The molecule has 6 heteroatoms. The topological polar surface area (TPSA) is 130 Å². The normalized spacial score (nSPS) is 11.3. The van der Waals surface area contributed by atoms with Crippen LogP contribution in [0.4, 0.5) is 11.4 Å². The summed E-state index contributed by atoms with van der Waals surface area (Å²) in [5.41, 5.74) is 11.2. The first-order valence-corrected chi connectivity index (χ1v) is 7.24. The summed E-state index contributed by atoms with van der Waals surface area (Å²) in [5.74, 6) is -1.25. The van der Waals surface area contributed by atoms with Gasteiger partial charge in [0.25, 0.3) is 0 Å². The first-order chi connectivity index (χ1) is 10.8. The number of hydrogen-bond donors (Lipinski definition) is 5. The average Bonchev–Trinajstić information content (AvgIpc) is 2.50. The first-order valence-electron chi connectivity index (χ1n) is 7.24. The number of nitrogen functional groups attached to an aromatic ring is 2. The minimum Gasteiger partial charge on any atom is -0.506 e. The largest absolute Gasteiger partial charge is 0.506 e. The molecular formula is C17H20N2O4. The van der Waals surface area contributed by atoms with E-state index in [1.54, 1.807) is 12.1 Å². The molecule has 0 aliphatic carbocycles. The lowest BCUT2D eigenvalue weighted by atomic mass is 9.71. The Balaban J connectivity index is 2.75. The molecule has 2 aromatic rings. The molecule has 0 aromatic heterocycles. The summed E-state index contributed by atoms with van der Waals surface area (Å²) in [6.07, 6.45) is 0.921. The summed E-state index contributed by atoms with van der Waals surface area (Å²) in [5, 5.41) is 29.2. The highest BCUT2D eigenvalue weighted by atomic mass is 16.4. The van der Waals surface area contributed by atoms with Gasteiger partial charge in [0.05, 0.1) is 11.4 Å². The Hall–Kier alpha value is -2.89. The molecule has 0 heterocycles. The predicted octanol–water partition coefficient (Wildman–Crippen LogP) is 2.43. The maximum absolute atomic E-state index is 12.2. The van der Waals surface area contributed by atoms with Gasteiger partial charge >= 0.3 is 5.97 Å². The van der Waals surface area contributed by atoms with Crippen molar-refractivity contribution in [2.75, 3.05) is 11.5 Å². The summed E-state index contributed by atoms with van der Waals surface area (Å²) in [7, 11) is 0. The van der Waals surface area contributed by atoms with Gasteiger partial charge in [-0.2, -0.15) is 0 Å². The first kappa shape index (κ1) is 16.5. The van der Waals surface area contributed by atoms with Gasteiger partial charge in [-0.05, 0) is 41.8 Å². The van der Waals surface area contributed by atoms with Crippen molar-refractivity contribution in [3.05, 3.63) is 47.5 Å². The van der Waals surface area contributed by atoms with E-state index < -0.39 is 11.4 Å². The van der Waals surface area contributed by atoms with Crippen LogP contribution in [0.15, 0.2) is 36.4 Å². The second kappa shape index (κ2) is 6.08. The second-order valence-corrected chi connectivity index (χ2v) is 5.51. The lowest BCUT2D eigenvalue weighted by molar-refractivity contribution is -0.142. The quantitative estimate of drug-likeness (QED) is 0.425. The number of carboxylic acid groups (broad SMARTS) is 1. The third kappa shape index (κ3) is 2.75. The van der Waals surface area contributed by atoms with E-state index >= 15 is 0 Å². The van der Waals surface area contributed by atoms with Gasteiger partial charge in [0.15, 0.2) is 0 Å². The molecule has 2 aromatic carbocycles. The van der Waals surface area contributed by atoms with Crippen molar-refractivity contribution < 1.29 is 20.1 Å². The van der Waals surface area contributed by atoms with Gasteiger partial charge in [-0.3, -0.25) is 4.79 Å². The van der Waals surface area contributed by atoms with Crippen molar-refractivity contribution in [3.8, 4) is 11.5 Å². The molecular weight excluding hydrogens is 296 g/mol. The monoisotopic (exact) mass is 316 g/mol. The Bertz CT molecular complexity index is 692. The zero-order valence-electron chi connectivity index (χ0n) is 12.8. The highest BCUT2D eigenvalue weighted by Crippen LogP contribution is 2.41. The Morgan fingerprint density at radius 2 is 1.43 bits per heavy atom. The van der Waals surface area contributed by atoms with E-state index in [9.17, 15) is 20.1 Å². The smallest absolute Gasteiger partial charge is 0.318 e. The maximum Gasteiger partial charge on any atom is 0.318 e. The third-order valence-corrected chi connectivity index (χ3v) is 4.03. The van der Waals surface area contributed by atoms with E-state index in [0.717, 1.165) is 0 Å². The molecule has 0 spiro atoms. The SMILES string of the molecule is CCCC(C(=O)O)(c1ccc(O)c(N)c1)c1ccc(O)c(N)c1. The molecule has 0 amide bonds. The van der Waals surface area contributed by atoms with Gasteiger partial charge in [-0.15, -0.1) is 0 Å². The summed E-state index contributed by atoms with van der Waals surface area (Å²) >= 11 is 0. The fraction of sp³-hybridized carbons (Fsp3) is 0.235. The Morgan fingerprint density at radius 1 is 1.00 bits per heavy atom. The van der Waals surface area contributed by atoms with Crippen LogP contribution in [0.25, 0.3) is 0 Å². The minimum absolute atomic E-state index is 0.102. The lowest BCUT2D eigenvalue weighted by Crippen LogP contribution is -2.37. The molecule has 0 radical (unpaired) electrons. The fourth-order valence-electron chi connectivity index (χ4n) is 2.82. The van der Waals surface area contributed by atoms with Gasteiger partial charge in [-0.25, -0.2) is 0 Å². The molecule has 6 nitrogen and oxygen atoms in total. The third-order valence-electron chi connectivity index (χ3n) is 4.03. The van der Waals surface area contributed by atoms with Crippen molar-refractivity contribution in [3.63, 3.8) is 0 Å². The number of aromatic hydroxyl groups is 2. The molecule has 7 N–H and O–H groups in total. The summed E-state index contributed by atoms with van der Waals surface area (Å²) < 4.78 is 0. The van der Waals surface area contributed by atoms with Crippen molar-refractivity contribution in [1.29, 1.82) is 0 Å². The summed E-state index contributed by atoms with van der Waals surface area (Å²) in [4.78, 5) is 12.2. The number of nitrogens with two attached hydrogens (primary N) is 2. The van der Waals surface area contributed by atoms with Gasteiger partial charge in [0.1, 0.15) is 16.9 Å². The molecule has 0 aliphatic rings. The number of rotatable bonds is 5. The van der Waals surface area contributed by atoms with Crippen LogP contribution in [-0.2, 0) is 10.2 Å². The molecule has 0 saturated heterocycles. The van der Waals surface area contributed by atoms with Gasteiger partial charge < -0.3 is 26.8 Å². The highest BCUT2D eigenvalue weighted by molar-refractivity contribution is 5.87. The van der Waals surface area contributed by atoms with Gasteiger partial charge in [0, 0.05) is 0 Å². The van der Waals surface area contributed by atoms with Crippen LogP contribution in [0.2, 0.25) is 0 Å². The molecule has 0 fully saturated rings. The zero-order chi connectivity index (χ0) is 17.2. The second-order valence-electron chi connectivity index (χ2n) is 5.51. The van der Waals surface area contributed by atoms with Gasteiger partial charge in [0.2, 0.25) is 0 Å². The molecule has 0 saturated carbocycles. The van der Waals surface area contributed by atoms with E-state index in [1.807, 2.05) is 6.92 Å². The number of anilines is 2. The minimum atomic E-state index is -1.36. The predicted molar refractivity (Wildman–Crippen MR) is 88.4 cm³/mol. The maximum atomic E-state index is 12.2. The van der Waals surface area contributed by atoms with E-state index in [4.69, 9.17) is 11.5 Å². The van der Waals surface area contributed by atoms with Crippen LogP contribution in [0, 0.1) is 0 Å². The fourth-order valence-corrected chi connectivity index (χ4v) is 2.82. The lowest BCUT2D eigenvalue weighted by Gasteiger charge is -2.31. The van der Waals surface area contributed by atoms with Crippen LogP contribution in [0.3, 0.4) is 0 Å². The number of carbonyl (C=O) groups is 1. The summed E-state index contributed by atoms with van der Waals surface area (Å²) in [6.45, 7) is 1.88. The molecule has 0 atom stereocenters. The molecule has 2 rings (SSSR count). The zero-order valence-corrected chi connectivity index (χ0v) is 12.8. The van der Waals surface area contributed by atoms with E-state index in [-0.39, 0.29) is 22.9 Å². The number of aliphatic carboxylic acids is 1. The highest BCUT2D eigenvalue weighted by Gasteiger charge is 2.42.